The molecule has 3 heteroatoms. The number of ether oxygens (including phenoxy) is 1. The topological polar surface area (TPSA) is 35.2 Å². The highest BCUT2D eigenvalue weighted by Gasteiger charge is 2.34. The minimum Gasteiger partial charge on any atom is -0.369 e. The van der Waals surface area contributed by atoms with Crippen molar-refractivity contribution in [3.05, 3.63) is 34.9 Å². The van der Waals surface area contributed by atoms with Gasteiger partial charge in [-0.2, -0.15) is 0 Å². The fourth-order valence-corrected chi connectivity index (χ4v) is 3.38. The first-order valence-corrected chi connectivity index (χ1v) is 8.14. The molecule has 2 rings (SSSR count). The van der Waals surface area contributed by atoms with Crippen molar-refractivity contribution < 1.29 is 4.74 Å². The van der Waals surface area contributed by atoms with Crippen LogP contribution in [0.25, 0.3) is 0 Å². The lowest BCUT2D eigenvalue weighted by Crippen LogP contribution is -2.43. The average Bonchev–Trinajstić information content (AvgIpc) is 2.47. The number of hydrogen-bond acceptors (Lipinski definition) is 2. The van der Waals surface area contributed by atoms with Crippen LogP contribution in [0.2, 0.25) is 5.02 Å². The van der Waals surface area contributed by atoms with Crippen LogP contribution in [-0.2, 0) is 11.3 Å². The Morgan fingerprint density at radius 3 is 2.70 bits per heavy atom. The van der Waals surface area contributed by atoms with Crippen molar-refractivity contribution in [1.82, 2.24) is 0 Å². The Hall–Kier alpha value is -0.570. The van der Waals surface area contributed by atoms with Crippen molar-refractivity contribution in [3.63, 3.8) is 0 Å². The van der Waals surface area contributed by atoms with Crippen molar-refractivity contribution in [2.75, 3.05) is 6.54 Å². The molecule has 0 aliphatic heterocycles. The molecule has 0 heterocycles. The molecule has 20 heavy (non-hydrogen) atoms. The summed E-state index contributed by atoms with van der Waals surface area (Å²) >= 11 is 6.01. The van der Waals surface area contributed by atoms with E-state index < -0.39 is 0 Å². The molecule has 0 unspecified atom stereocenters. The zero-order valence-corrected chi connectivity index (χ0v) is 13.2. The number of hydrogen-bond donors (Lipinski definition) is 1. The van der Waals surface area contributed by atoms with Crippen LogP contribution in [-0.4, -0.2) is 12.1 Å². The lowest BCUT2D eigenvalue weighted by molar-refractivity contribution is -0.0816. The summed E-state index contributed by atoms with van der Waals surface area (Å²) in [6.45, 7) is 3.49. The molecule has 0 radical (unpaired) electrons. The molecule has 2 nitrogen and oxygen atoms in total. The maximum atomic E-state index is 6.20. The van der Waals surface area contributed by atoms with E-state index in [1.54, 1.807) is 0 Å². The highest BCUT2D eigenvalue weighted by Crippen LogP contribution is 2.36. The van der Waals surface area contributed by atoms with Crippen LogP contribution in [0.4, 0.5) is 0 Å². The van der Waals surface area contributed by atoms with Gasteiger partial charge in [-0.3, -0.25) is 0 Å². The van der Waals surface area contributed by atoms with Crippen molar-refractivity contribution in [3.8, 4) is 0 Å². The van der Waals surface area contributed by atoms with Gasteiger partial charge in [0.25, 0.3) is 0 Å². The summed E-state index contributed by atoms with van der Waals surface area (Å²) < 4.78 is 6.20. The van der Waals surface area contributed by atoms with E-state index in [9.17, 15) is 0 Å². The summed E-state index contributed by atoms with van der Waals surface area (Å²) in [5.74, 6) is 0.870. The van der Waals surface area contributed by atoms with Crippen molar-refractivity contribution in [2.24, 2.45) is 11.7 Å². The number of nitrogens with two attached hydrogens (primary N) is 1. The molecule has 1 aliphatic rings. The summed E-state index contributed by atoms with van der Waals surface area (Å²) in [7, 11) is 0. The monoisotopic (exact) mass is 295 g/mol. The Morgan fingerprint density at radius 2 is 2.10 bits per heavy atom. The molecule has 0 atom stereocenters. The normalized spacial score (nSPS) is 26.6. The standard InChI is InChI=1S/C17H26ClNO/c1-2-4-14-7-9-17(13-19,10-8-14)20-12-15-5-3-6-16(18)11-15/h3,5-6,11,14H,2,4,7-10,12-13,19H2,1H3. The van der Waals surface area contributed by atoms with E-state index in [-0.39, 0.29) is 5.60 Å². The highest BCUT2D eigenvalue weighted by molar-refractivity contribution is 6.30. The molecule has 1 fully saturated rings. The number of halogens is 1. The smallest absolute Gasteiger partial charge is 0.0808 e. The minimum absolute atomic E-state index is 0.118. The Morgan fingerprint density at radius 1 is 1.35 bits per heavy atom. The molecule has 1 saturated carbocycles. The first kappa shape index (κ1) is 15.8. The minimum atomic E-state index is -0.118. The molecule has 1 aliphatic carbocycles. The van der Waals surface area contributed by atoms with Gasteiger partial charge in [0.2, 0.25) is 0 Å². The third-order valence-corrected chi connectivity index (χ3v) is 4.75. The van der Waals surface area contributed by atoms with Crippen LogP contribution in [0.5, 0.6) is 0 Å². The van der Waals surface area contributed by atoms with Crippen molar-refractivity contribution in [2.45, 2.75) is 57.7 Å². The van der Waals surface area contributed by atoms with E-state index in [0.717, 1.165) is 29.3 Å². The second-order valence-electron chi connectivity index (χ2n) is 6.04. The molecule has 0 aromatic heterocycles. The molecule has 1 aromatic rings. The fourth-order valence-electron chi connectivity index (χ4n) is 3.17. The molecular weight excluding hydrogens is 270 g/mol. The lowest BCUT2D eigenvalue weighted by atomic mass is 9.77. The highest BCUT2D eigenvalue weighted by atomic mass is 35.5. The van der Waals surface area contributed by atoms with Gasteiger partial charge < -0.3 is 10.5 Å². The fraction of sp³-hybridized carbons (Fsp3) is 0.647. The summed E-state index contributed by atoms with van der Waals surface area (Å²) in [6.07, 6.45) is 7.31. The van der Waals surface area contributed by atoms with Gasteiger partial charge in [-0.1, -0.05) is 43.5 Å². The Kier molecular flexibility index (Phi) is 5.88. The summed E-state index contributed by atoms with van der Waals surface area (Å²) in [5.41, 5.74) is 7.01. The van der Waals surface area contributed by atoms with Crippen molar-refractivity contribution in [1.29, 1.82) is 0 Å². The van der Waals surface area contributed by atoms with Gasteiger partial charge in [-0.15, -0.1) is 0 Å². The van der Waals surface area contributed by atoms with E-state index in [4.69, 9.17) is 22.1 Å². The van der Waals surface area contributed by atoms with Gasteiger partial charge in [0.05, 0.1) is 12.2 Å². The third kappa shape index (κ3) is 4.21. The van der Waals surface area contributed by atoms with Gasteiger partial charge in [0, 0.05) is 11.6 Å². The van der Waals surface area contributed by atoms with Crippen LogP contribution in [0.1, 0.15) is 51.0 Å². The van der Waals surface area contributed by atoms with Crippen LogP contribution < -0.4 is 5.73 Å². The molecule has 0 spiro atoms. The summed E-state index contributed by atoms with van der Waals surface area (Å²) in [6, 6.07) is 7.88. The van der Waals surface area contributed by atoms with Crippen LogP contribution in [0, 0.1) is 5.92 Å². The maximum Gasteiger partial charge on any atom is 0.0808 e. The third-order valence-electron chi connectivity index (χ3n) is 4.52. The number of rotatable bonds is 6. The molecule has 2 N–H and O–H groups in total. The van der Waals surface area contributed by atoms with Gasteiger partial charge in [0.15, 0.2) is 0 Å². The van der Waals surface area contributed by atoms with E-state index in [0.29, 0.717) is 13.2 Å². The number of benzene rings is 1. The molecule has 0 amide bonds. The molecule has 1 aromatic carbocycles. The lowest BCUT2D eigenvalue weighted by Gasteiger charge is -2.39. The molecule has 112 valence electrons. The van der Waals surface area contributed by atoms with Crippen LogP contribution in [0.15, 0.2) is 24.3 Å². The molecule has 0 saturated heterocycles. The Balaban J connectivity index is 1.89. The molecule has 0 bridgehead atoms. The summed E-state index contributed by atoms with van der Waals surface area (Å²) in [4.78, 5) is 0. The van der Waals surface area contributed by atoms with E-state index >= 15 is 0 Å². The Bertz CT molecular complexity index is 413. The zero-order chi connectivity index (χ0) is 14.4. The zero-order valence-electron chi connectivity index (χ0n) is 12.4. The maximum absolute atomic E-state index is 6.20. The van der Waals surface area contributed by atoms with Gasteiger partial charge in [-0.25, -0.2) is 0 Å². The van der Waals surface area contributed by atoms with Gasteiger partial charge in [-0.05, 0) is 49.3 Å². The predicted molar refractivity (Wildman–Crippen MR) is 84.9 cm³/mol. The van der Waals surface area contributed by atoms with E-state index in [1.165, 1.54) is 25.7 Å². The second-order valence-corrected chi connectivity index (χ2v) is 6.47. The SMILES string of the molecule is CCCC1CCC(CN)(OCc2cccc(Cl)c2)CC1. The predicted octanol–water partition coefficient (Wildman–Crippen LogP) is 4.54. The quantitative estimate of drug-likeness (QED) is 0.836. The van der Waals surface area contributed by atoms with Crippen LogP contribution >= 0.6 is 11.6 Å². The second kappa shape index (κ2) is 7.44. The largest absolute Gasteiger partial charge is 0.369 e. The summed E-state index contributed by atoms with van der Waals surface area (Å²) in [5, 5.41) is 0.763. The molecular formula is C17H26ClNO. The first-order valence-electron chi connectivity index (χ1n) is 7.76. The van der Waals surface area contributed by atoms with Crippen molar-refractivity contribution >= 4 is 11.6 Å². The van der Waals surface area contributed by atoms with E-state index in [1.807, 2.05) is 18.2 Å². The van der Waals surface area contributed by atoms with Gasteiger partial charge in [0.1, 0.15) is 0 Å². The first-order chi connectivity index (χ1) is 9.67. The van der Waals surface area contributed by atoms with E-state index in [2.05, 4.69) is 13.0 Å². The van der Waals surface area contributed by atoms with Gasteiger partial charge >= 0.3 is 0 Å². The Labute approximate surface area is 127 Å². The average molecular weight is 296 g/mol. The van der Waals surface area contributed by atoms with Crippen LogP contribution in [0.3, 0.4) is 0 Å².